The van der Waals surface area contributed by atoms with E-state index in [4.69, 9.17) is 33.2 Å². The van der Waals surface area contributed by atoms with Gasteiger partial charge in [0.05, 0.1) is 16.7 Å². The topological polar surface area (TPSA) is 50.1 Å². The fraction of sp³-hybridized carbons (Fsp3) is 0.167. The van der Waals surface area contributed by atoms with Gasteiger partial charge in [0.25, 0.3) is 0 Å². The van der Waals surface area contributed by atoms with E-state index in [9.17, 15) is 4.79 Å². The number of ether oxygens (including phenoxy) is 1. The van der Waals surface area contributed by atoms with Crippen LogP contribution in [0, 0.1) is 11.3 Å². The normalized spacial score (nSPS) is 10.8. The van der Waals surface area contributed by atoms with Gasteiger partial charge < -0.3 is 4.74 Å². The van der Waals surface area contributed by atoms with Gasteiger partial charge in [0.2, 0.25) is 0 Å². The molecule has 0 atom stereocenters. The van der Waals surface area contributed by atoms with Gasteiger partial charge in [0.15, 0.2) is 0 Å². The Balaban J connectivity index is 3.03. The molecule has 0 aromatic heterocycles. The molecule has 0 aliphatic rings. The Hall–Kier alpha value is -1.50. The third-order valence-corrected chi connectivity index (χ3v) is 2.61. The molecule has 3 nitrogen and oxygen atoms in total. The highest BCUT2D eigenvalue weighted by molar-refractivity contribution is 6.42. The Kier molecular flexibility index (Phi) is 5.02. The van der Waals surface area contributed by atoms with E-state index in [-0.39, 0.29) is 12.2 Å². The number of carbonyl (C=O) groups excluding carboxylic acids is 1. The van der Waals surface area contributed by atoms with Crippen molar-refractivity contribution in [3.63, 3.8) is 0 Å². The monoisotopic (exact) mass is 269 g/mol. The molecule has 0 bridgehead atoms. The zero-order valence-electron chi connectivity index (χ0n) is 9.04. The molecule has 0 aliphatic heterocycles. The van der Waals surface area contributed by atoms with Gasteiger partial charge in [-0.2, -0.15) is 5.26 Å². The second kappa shape index (κ2) is 6.29. The van der Waals surface area contributed by atoms with Gasteiger partial charge in [-0.05, 0) is 30.7 Å². The third kappa shape index (κ3) is 3.77. The van der Waals surface area contributed by atoms with Crippen LogP contribution in [0.3, 0.4) is 0 Å². The quantitative estimate of drug-likeness (QED) is 0.480. The molecule has 0 unspecified atom stereocenters. The molecule has 1 aromatic carbocycles. The zero-order chi connectivity index (χ0) is 12.8. The molecule has 0 radical (unpaired) electrons. The molecule has 88 valence electrons. The van der Waals surface area contributed by atoms with Crippen LogP contribution in [0.1, 0.15) is 12.5 Å². The maximum absolute atomic E-state index is 11.4. The van der Waals surface area contributed by atoms with Crippen LogP contribution in [0.2, 0.25) is 10.0 Å². The molecule has 1 aromatic rings. The number of nitriles is 1. The number of benzene rings is 1. The number of rotatable bonds is 3. The highest BCUT2D eigenvalue weighted by atomic mass is 35.5. The highest BCUT2D eigenvalue weighted by Crippen LogP contribution is 2.23. The number of halogens is 2. The molecule has 1 rings (SSSR count). The lowest BCUT2D eigenvalue weighted by molar-refractivity contribution is -0.137. The first-order valence-electron chi connectivity index (χ1n) is 4.82. The summed E-state index contributed by atoms with van der Waals surface area (Å²) in [5.74, 6) is -0.652. The van der Waals surface area contributed by atoms with E-state index >= 15 is 0 Å². The van der Waals surface area contributed by atoms with Crippen LogP contribution in [0.15, 0.2) is 23.8 Å². The summed E-state index contributed by atoms with van der Waals surface area (Å²) in [4.78, 5) is 11.4. The molecule has 0 saturated carbocycles. The lowest BCUT2D eigenvalue weighted by atomic mass is 10.1. The van der Waals surface area contributed by atoms with Crippen molar-refractivity contribution in [3.8, 4) is 6.07 Å². The highest BCUT2D eigenvalue weighted by Gasteiger charge is 2.09. The van der Waals surface area contributed by atoms with E-state index in [1.54, 1.807) is 31.2 Å². The number of hydrogen-bond acceptors (Lipinski definition) is 3. The molecule has 17 heavy (non-hydrogen) atoms. The summed E-state index contributed by atoms with van der Waals surface area (Å²) in [5.41, 5.74) is 0.536. The molecule has 0 heterocycles. The van der Waals surface area contributed by atoms with Gasteiger partial charge in [-0.1, -0.05) is 29.3 Å². The molecular formula is C12H9Cl2NO2. The number of nitrogens with zero attached hydrogens (tertiary/aromatic N) is 1. The Morgan fingerprint density at radius 2 is 2.18 bits per heavy atom. The molecule has 0 aliphatic carbocycles. The zero-order valence-corrected chi connectivity index (χ0v) is 10.5. The fourth-order valence-electron chi connectivity index (χ4n) is 1.11. The number of esters is 1. The summed E-state index contributed by atoms with van der Waals surface area (Å²) >= 11 is 11.6. The predicted molar refractivity (Wildman–Crippen MR) is 66.7 cm³/mol. The maximum atomic E-state index is 11.4. The van der Waals surface area contributed by atoms with Crippen LogP contribution in [0.25, 0.3) is 6.08 Å². The second-order valence-electron chi connectivity index (χ2n) is 3.06. The lowest BCUT2D eigenvalue weighted by Gasteiger charge is -2.01. The Morgan fingerprint density at radius 1 is 1.47 bits per heavy atom. The number of hydrogen-bond donors (Lipinski definition) is 0. The van der Waals surface area contributed by atoms with Crippen molar-refractivity contribution in [2.24, 2.45) is 0 Å². The smallest absolute Gasteiger partial charge is 0.348 e. The van der Waals surface area contributed by atoms with Crippen molar-refractivity contribution in [2.75, 3.05) is 6.61 Å². The van der Waals surface area contributed by atoms with E-state index in [2.05, 4.69) is 0 Å². The first-order valence-corrected chi connectivity index (χ1v) is 5.58. The summed E-state index contributed by atoms with van der Waals surface area (Å²) in [6.07, 6.45) is 1.40. The first-order chi connectivity index (χ1) is 8.08. The first kappa shape index (κ1) is 13.6. The van der Waals surface area contributed by atoms with Crippen LogP contribution >= 0.6 is 23.2 Å². The molecule has 5 heteroatoms. The fourth-order valence-corrected chi connectivity index (χ4v) is 1.42. The molecule has 0 spiro atoms. The van der Waals surface area contributed by atoms with Crippen LogP contribution in [0.4, 0.5) is 0 Å². The van der Waals surface area contributed by atoms with E-state index in [0.29, 0.717) is 15.6 Å². The Labute approximate surface area is 109 Å². The minimum Gasteiger partial charge on any atom is -0.462 e. The Morgan fingerprint density at radius 3 is 2.71 bits per heavy atom. The van der Waals surface area contributed by atoms with Crippen molar-refractivity contribution in [1.29, 1.82) is 5.26 Å². The maximum Gasteiger partial charge on any atom is 0.348 e. The van der Waals surface area contributed by atoms with Gasteiger partial charge in [-0.15, -0.1) is 0 Å². The largest absolute Gasteiger partial charge is 0.462 e. The van der Waals surface area contributed by atoms with Gasteiger partial charge in [-0.25, -0.2) is 4.79 Å². The molecule has 0 saturated heterocycles. The molecule has 0 amide bonds. The van der Waals surface area contributed by atoms with Gasteiger partial charge in [0, 0.05) is 0 Å². The second-order valence-corrected chi connectivity index (χ2v) is 3.88. The number of carbonyl (C=O) groups is 1. The summed E-state index contributed by atoms with van der Waals surface area (Å²) < 4.78 is 4.73. The van der Waals surface area contributed by atoms with Crippen LogP contribution < -0.4 is 0 Å². The SMILES string of the molecule is CCOC(=O)/C(C#N)=C/c1ccc(Cl)c(Cl)c1. The van der Waals surface area contributed by atoms with Crippen LogP contribution in [0.5, 0.6) is 0 Å². The van der Waals surface area contributed by atoms with Gasteiger partial charge >= 0.3 is 5.97 Å². The summed E-state index contributed by atoms with van der Waals surface area (Å²) in [6, 6.07) is 6.60. The van der Waals surface area contributed by atoms with E-state index in [0.717, 1.165) is 0 Å². The van der Waals surface area contributed by atoms with E-state index < -0.39 is 5.97 Å². The van der Waals surface area contributed by atoms with Crippen LogP contribution in [-0.4, -0.2) is 12.6 Å². The summed E-state index contributed by atoms with van der Waals surface area (Å²) in [7, 11) is 0. The Bertz CT molecular complexity index is 504. The van der Waals surface area contributed by atoms with Crippen molar-refractivity contribution >= 4 is 35.2 Å². The van der Waals surface area contributed by atoms with E-state index in [1.807, 2.05) is 0 Å². The lowest BCUT2D eigenvalue weighted by Crippen LogP contribution is -2.05. The standard InChI is InChI=1S/C12H9Cl2NO2/c1-2-17-12(16)9(7-15)5-8-3-4-10(13)11(14)6-8/h3-6H,2H2,1H3/b9-5+. The van der Waals surface area contributed by atoms with Crippen molar-refractivity contribution in [3.05, 3.63) is 39.4 Å². The summed E-state index contributed by atoms with van der Waals surface area (Å²) in [5, 5.41) is 9.61. The summed E-state index contributed by atoms with van der Waals surface area (Å²) in [6.45, 7) is 1.89. The van der Waals surface area contributed by atoms with Crippen molar-refractivity contribution in [1.82, 2.24) is 0 Å². The molecule has 0 N–H and O–H groups in total. The van der Waals surface area contributed by atoms with Crippen molar-refractivity contribution in [2.45, 2.75) is 6.92 Å². The van der Waals surface area contributed by atoms with Gasteiger partial charge in [0.1, 0.15) is 11.6 Å². The molecular weight excluding hydrogens is 261 g/mol. The van der Waals surface area contributed by atoms with Gasteiger partial charge in [-0.3, -0.25) is 0 Å². The van der Waals surface area contributed by atoms with E-state index in [1.165, 1.54) is 6.08 Å². The predicted octanol–water partition coefficient (Wildman–Crippen LogP) is 3.46. The molecule has 0 fully saturated rings. The third-order valence-electron chi connectivity index (χ3n) is 1.87. The van der Waals surface area contributed by atoms with Crippen LogP contribution in [-0.2, 0) is 9.53 Å². The average molecular weight is 270 g/mol. The minimum atomic E-state index is -0.652. The minimum absolute atomic E-state index is 0.0785. The van der Waals surface area contributed by atoms with Crippen molar-refractivity contribution < 1.29 is 9.53 Å². The average Bonchev–Trinajstić information content (AvgIpc) is 2.30.